The van der Waals surface area contributed by atoms with Crippen LogP contribution in [0.4, 0.5) is 0 Å². The summed E-state index contributed by atoms with van der Waals surface area (Å²) >= 11 is 17.9. The number of thiol groups is 2. The third kappa shape index (κ3) is 6.27. The second kappa shape index (κ2) is 7.74. The largest absolute Gasteiger partial charge is 0.371 e. The van der Waals surface area contributed by atoms with E-state index in [1.165, 1.54) is 25.7 Å². The normalized spacial score (nSPS) is 24.9. The van der Waals surface area contributed by atoms with Crippen LogP contribution in [0, 0.1) is 11.8 Å². The Balaban J connectivity index is 2.13. The van der Waals surface area contributed by atoms with Crippen molar-refractivity contribution >= 4 is 58.3 Å². The lowest BCUT2D eigenvalue weighted by atomic mass is 9.82. The zero-order valence-corrected chi connectivity index (χ0v) is 12.5. The van der Waals surface area contributed by atoms with Crippen molar-refractivity contribution in [3.63, 3.8) is 0 Å². The molecule has 0 amide bonds. The van der Waals surface area contributed by atoms with Crippen LogP contribution in [0.1, 0.15) is 25.7 Å². The summed E-state index contributed by atoms with van der Waals surface area (Å²) in [6.07, 6.45) is 5.04. The predicted octanol–water partition coefficient (Wildman–Crippen LogP) is 2.40. The highest BCUT2D eigenvalue weighted by atomic mass is 32.1. The molecule has 0 heterocycles. The van der Waals surface area contributed by atoms with Gasteiger partial charge in [0, 0.05) is 13.1 Å². The first-order chi connectivity index (χ1) is 7.58. The molecule has 2 nitrogen and oxygen atoms in total. The molecule has 0 unspecified atom stereocenters. The third-order valence-corrected chi connectivity index (χ3v) is 3.66. The topological polar surface area (TPSA) is 24.1 Å². The molecule has 0 spiro atoms. The maximum Gasteiger partial charge on any atom is 0.130 e. The molecule has 0 aromatic rings. The van der Waals surface area contributed by atoms with Gasteiger partial charge < -0.3 is 10.6 Å². The van der Waals surface area contributed by atoms with Gasteiger partial charge in [-0.05, 0) is 37.5 Å². The first kappa shape index (κ1) is 14.5. The fraction of sp³-hybridized carbons (Fsp3) is 0.800. The zero-order chi connectivity index (χ0) is 12.0. The van der Waals surface area contributed by atoms with E-state index < -0.39 is 0 Å². The lowest BCUT2D eigenvalue weighted by Gasteiger charge is -2.28. The molecule has 1 aliphatic carbocycles. The van der Waals surface area contributed by atoms with Crippen LogP contribution in [-0.4, -0.2) is 21.7 Å². The standard InChI is InChI=1S/C10H18N2S4/c13-9(14)11-5-7-1-2-8(4-3-7)6-12-10(15)16/h7-8H,1-6H2,(H2,11,13,14)(H2,12,15,16). The van der Waals surface area contributed by atoms with Crippen molar-refractivity contribution in [3.05, 3.63) is 0 Å². The van der Waals surface area contributed by atoms with E-state index in [-0.39, 0.29) is 0 Å². The van der Waals surface area contributed by atoms with E-state index in [2.05, 4.69) is 35.9 Å². The number of hydrogen-bond donors (Lipinski definition) is 4. The quantitative estimate of drug-likeness (QED) is 0.472. The lowest BCUT2D eigenvalue weighted by molar-refractivity contribution is 0.275. The summed E-state index contributed by atoms with van der Waals surface area (Å²) in [5.41, 5.74) is 0. The molecule has 92 valence electrons. The van der Waals surface area contributed by atoms with Crippen LogP contribution >= 0.6 is 49.7 Å². The number of rotatable bonds is 4. The molecule has 1 fully saturated rings. The Morgan fingerprint density at radius 2 is 1.19 bits per heavy atom. The van der Waals surface area contributed by atoms with E-state index in [0.717, 1.165) is 24.9 Å². The first-order valence-corrected chi connectivity index (χ1v) is 7.22. The summed E-state index contributed by atoms with van der Waals surface area (Å²) in [7, 11) is 0. The van der Waals surface area contributed by atoms with Gasteiger partial charge >= 0.3 is 0 Å². The van der Waals surface area contributed by atoms with Crippen molar-refractivity contribution in [1.29, 1.82) is 0 Å². The molecule has 0 aromatic heterocycles. The van der Waals surface area contributed by atoms with Crippen LogP contribution in [0.3, 0.4) is 0 Å². The summed E-state index contributed by atoms with van der Waals surface area (Å²) in [5.74, 6) is 1.48. The van der Waals surface area contributed by atoms with Gasteiger partial charge in [0.25, 0.3) is 0 Å². The van der Waals surface area contributed by atoms with Crippen molar-refractivity contribution in [2.45, 2.75) is 25.7 Å². The maximum absolute atomic E-state index is 4.88. The lowest BCUT2D eigenvalue weighted by Crippen LogP contribution is -2.31. The highest BCUT2D eigenvalue weighted by molar-refractivity contribution is 8.11. The van der Waals surface area contributed by atoms with Crippen molar-refractivity contribution in [3.8, 4) is 0 Å². The summed E-state index contributed by atoms with van der Waals surface area (Å²) < 4.78 is 1.20. The van der Waals surface area contributed by atoms with Crippen LogP contribution in [0.15, 0.2) is 0 Å². The molecule has 6 heteroatoms. The molecule has 1 saturated carbocycles. The van der Waals surface area contributed by atoms with Gasteiger partial charge in [-0.1, -0.05) is 24.4 Å². The second-order valence-corrected chi connectivity index (χ2v) is 6.57. The SMILES string of the molecule is S=C(S)NCC1CCC(CNC(=S)S)CC1. The minimum Gasteiger partial charge on any atom is -0.371 e. The molecular weight excluding hydrogens is 276 g/mol. The van der Waals surface area contributed by atoms with E-state index in [1.807, 2.05) is 0 Å². The minimum absolute atomic E-state index is 0.601. The van der Waals surface area contributed by atoms with Gasteiger partial charge in [-0.25, -0.2) is 0 Å². The summed E-state index contributed by atoms with van der Waals surface area (Å²) in [6, 6.07) is 0. The van der Waals surface area contributed by atoms with Crippen LogP contribution in [0.2, 0.25) is 0 Å². The molecule has 0 bridgehead atoms. The van der Waals surface area contributed by atoms with Crippen molar-refractivity contribution < 1.29 is 0 Å². The molecule has 0 aromatic carbocycles. The van der Waals surface area contributed by atoms with Crippen LogP contribution < -0.4 is 10.6 Å². The van der Waals surface area contributed by atoms with Gasteiger partial charge in [0.15, 0.2) is 0 Å². The van der Waals surface area contributed by atoms with Crippen LogP contribution in [-0.2, 0) is 0 Å². The Hall–Kier alpha value is 0.480. The average molecular weight is 295 g/mol. The molecule has 1 aliphatic rings. The fourth-order valence-electron chi connectivity index (χ4n) is 2.10. The van der Waals surface area contributed by atoms with Gasteiger partial charge in [-0.15, -0.1) is 25.3 Å². The van der Waals surface area contributed by atoms with E-state index >= 15 is 0 Å². The van der Waals surface area contributed by atoms with Gasteiger partial charge in [0.05, 0.1) is 0 Å². The number of hydrogen-bond acceptors (Lipinski definition) is 2. The Morgan fingerprint density at radius 1 is 0.875 bits per heavy atom. The number of nitrogens with one attached hydrogen (secondary N) is 2. The molecular formula is C10H18N2S4. The van der Waals surface area contributed by atoms with Crippen molar-refractivity contribution in [2.24, 2.45) is 11.8 Å². The third-order valence-electron chi connectivity index (χ3n) is 3.05. The highest BCUT2D eigenvalue weighted by Crippen LogP contribution is 2.27. The van der Waals surface area contributed by atoms with E-state index in [4.69, 9.17) is 24.4 Å². The monoisotopic (exact) mass is 294 g/mol. The molecule has 0 saturated heterocycles. The predicted molar refractivity (Wildman–Crippen MR) is 84.6 cm³/mol. The van der Waals surface area contributed by atoms with Gasteiger partial charge in [-0.2, -0.15) is 0 Å². The maximum atomic E-state index is 4.88. The Kier molecular flexibility index (Phi) is 7.03. The first-order valence-electron chi connectivity index (χ1n) is 5.51. The Labute approximate surface area is 119 Å². The van der Waals surface area contributed by atoms with Crippen molar-refractivity contribution in [1.82, 2.24) is 10.6 Å². The summed E-state index contributed by atoms with van der Waals surface area (Å²) in [5, 5.41) is 6.25. The molecule has 2 N–H and O–H groups in total. The number of thiocarbonyl (C=S) groups is 2. The van der Waals surface area contributed by atoms with Gasteiger partial charge in [-0.3, -0.25) is 0 Å². The Morgan fingerprint density at radius 3 is 1.44 bits per heavy atom. The average Bonchev–Trinajstić information content (AvgIpc) is 2.25. The van der Waals surface area contributed by atoms with Gasteiger partial charge in [0.2, 0.25) is 0 Å². The van der Waals surface area contributed by atoms with E-state index in [1.54, 1.807) is 0 Å². The van der Waals surface area contributed by atoms with Crippen molar-refractivity contribution in [2.75, 3.05) is 13.1 Å². The summed E-state index contributed by atoms with van der Waals surface area (Å²) in [4.78, 5) is 0. The molecule has 1 rings (SSSR count). The molecule has 0 atom stereocenters. The van der Waals surface area contributed by atoms with Crippen LogP contribution in [0.25, 0.3) is 0 Å². The zero-order valence-electron chi connectivity index (χ0n) is 9.11. The minimum atomic E-state index is 0.601. The van der Waals surface area contributed by atoms with Gasteiger partial charge in [0.1, 0.15) is 8.64 Å². The molecule has 16 heavy (non-hydrogen) atoms. The smallest absolute Gasteiger partial charge is 0.130 e. The van der Waals surface area contributed by atoms with Crippen LogP contribution in [0.5, 0.6) is 0 Å². The molecule has 0 radical (unpaired) electrons. The summed E-state index contributed by atoms with van der Waals surface area (Å²) in [6.45, 7) is 1.93. The van der Waals surface area contributed by atoms with E-state index in [9.17, 15) is 0 Å². The van der Waals surface area contributed by atoms with E-state index in [0.29, 0.717) is 8.64 Å². The molecule has 0 aliphatic heterocycles. The Bertz CT molecular complexity index is 223. The highest BCUT2D eigenvalue weighted by Gasteiger charge is 2.20. The fourth-order valence-corrected chi connectivity index (χ4v) is 2.45. The second-order valence-electron chi connectivity index (χ2n) is 4.26.